The second-order valence-electron chi connectivity index (χ2n) is 8.67. The van der Waals surface area contributed by atoms with Gasteiger partial charge in [-0.1, -0.05) is 62.6 Å². The number of halogens is 3. The van der Waals surface area contributed by atoms with Crippen molar-refractivity contribution in [1.82, 2.24) is 5.32 Å². The predicted octanol–water partition coefficient (Wildman–Crippen LogP) is 6.78. The minimum Gasteiger partial charge on any atom is -0.452 e. The van der Waals surface area contributed by atoms with Crippen LogP contribution in [0, 0.1) is 23.5 Å². The number of benzene rings is 3. The molecule has 0 bridgehead atoms. The molecule has 1 unspecified atom stereocenters. The van der Waals surface area contributed by atoms with E-state index < -0.39 is 29.6 Å². The lowest BCUT2D eigenvalue weighted by Gasteiger charge is -2.27. The van der Waals surface area contributed by atoms with Crippen LogP contribution in [0.3, 0.4) is 0 Å². The monoisotopic (exact) mass is 513 g/mol. The van der Waals surface area contributed by atoms with Crippen molar-refractivity contribution in [1.29, 1.82) is 0 Å². The smallest absolute Gasteiger partial charge is 0.311 e. The minimum atomic E-state index is -0.975. The Balaban J connectivity index is 1.78. The van der Waals surface area contributed by atoms with Crippen molar-refractivity contribution < 1.29 is 23.1 Å². The summed E-state index contributed by atoms with van der Waals surface area (Å²) in [5.41, 5.74) is 1.33. The Morgan fingerprint density at radius 2 is 1.44 bits per heavy atom. The molecule has 3 aromatic rings. The van der Waals surface area contributed by atoms with Gasteiger partial charge < -0.3 is 10.1 Å². The Morgan fingerprint density at radius 3 is 1.94 bits per heavy atom. The molecular formula is C29H30ClF2NO3. The normalized spacial score (nSPS) is 12.1. The Kier molecular flexibility index (Phi) is 10.1. The van der Waals surface area contributed by atoms with Crippen molar-refractivity contribution in [3.05, 3.63) is 106 Å². The van der Waals surface area contributed by atoms with Crippen molar-refractivity contribution in [3.8, 4) is 0 Å². The van der Waals surface area contributed by atoms with Gasteiger partial charge in [0.25, 0.3) is 0 Å². The molecule has 0 saturated carbocycles. The SMILES string of the molecule is CCC(CC)C(CNCC(=O)c1ccc(Cl)cc1)C(=O)OC(c1cccc(F)c1)c1cccc(F)c1. The number of ketones is 1. The van der Waals surface area contributed by atoms with Gasteiger partial charge in [-0.15, -0.1) is 0 Å². The van der Waals surface area contributed by atoms with Crippen LogP contribution in [-0.2, 0) is 9.53 Å². The summed E-state index contributed by atoms with van der Waals surface area (Å²) in [6, 6.07) is 18.1. The van der Waals surface area contributed by atoms with Gasteiger partial charge in [0.15, 0.2) is 11.9 Å². The Labute approximate surface area is 215 Å². The summed E-state index contributed by atoms with van der Waals surface area (Å²) in [6.07, 6.45) is 0.484. The Morgan fingerprint density at radius 1 is 0.889 bits per heavy atom. The van der Waals surface area contributed by atoms with E-state index in [2.05, 4.69) is 5.32 Å². The van der Waals surface area contributed by atoms with Gasteiger partial charge in [-0.2, -0.15) is 0 Å². The van der Waals surface area contributed by atoms with Crippen molar-refractivity contribution in [2.24, 2.45) is 11.8 Å². The molecule has 0 saturated heterocycles. The first-order valence-electron chi connectivity index (χ1n) is 12.0. The van der Waals surface area contributed by atoms with E-state index in [9.17, 15) is 18.4 Å². The van der Waals surface area contributed by atoms with Gasteiger partial charge in [-0.25, -0.2) is 8.78 Å². The van der Waals surface area contributed by atoms with E-state index in [0.717, 1.165) is 12.8 Å². The summed E-state index contributed by atoms with van der Waals surface area (Å²) in [5.74, 6) is -2.14. The first kappa shape index (κ1) is 27.5. The zero-order chi connectivity index (χ0) is 26.1. The Bertz CT molecular complexity index is 1120. The van der Waals surface area contributed by atoms with Crippen LogP contribution in [0.15, 0.2) is 72.8 Å². The largest absolute Gasteiger partial charge is 0.452 e. The van der Waals surface area contributed by atoms with Crippen molar-refractivity contribution in [2.75, 3.05) is 13.1 Å². The van der Waals surface area contributed by atoms with Crippen LogP contribution in [0.2, 0.25) is 5.02 Å². The van der Waals surface area contributed by atoms with Crippen LogP contribution in [0.5, 0.6) is 0 Å². The minimum absolute atomic E-state index is 0.00342. The van der Waals surface area contributed by atoms with Crippen molar-refractivity contribution in [2.45, 2.75) is 32.8 Å². The molecule has 3 aromatic carbocycles. The van der Waals surface area contributed by atoms with Crippen molar-refractivity contribution >= 4 is 23.4 Å². The fraction of sp³-hybridized carbons (Fsp3) is 0.310. The summed E-state index contributed by atoms with van der Waals surface area (Å²) < 4.78 is 33.9. The topological polar surface area (TPSA) is 55.4 Å². The molecule has 0 fully saturated rings. The first-order chi connectivity index (χ1) is 17.3. The number of nitrogens with one attached hydrogen (secondary N) is 1. The van der Waals surface area contributed by atoms with E-state index in [0.29, 0.717) is 21.7 Å². The van der Waals surface area contributed by atoms with Crippen LogP contribution in [0.1, 0.15) is 54.3 Å². The van der Waals surface area contributed by atoms with Crippen LogP contribution in [0.4, 0.5) is 8.78 Å². The molecule has 36 heavy (non-hydrogen) atoms. The van der Waals surface area contributed by atoms with Gasteiger partial charge in [0, 0.05) is 17.1 Å². The zero-order valence-electron chi connectivity index (χ0n) is 20.3. The lowest BCUT2D eigenvalue weighted by molar-refractivity contribution is -0.154. The predicted molar refractivity (Wildman–Crippen MR) is 137 cm³/mol. The zero-order valence-corrected chi connectivity index (χ0v) is 21.1. The molecule has 0 heterocycles. The van der Waals surface area contributed by atoms with Crippen LogP contribution in [0.25, 0.3) is 0 Å². The third kappa shape index (κ3) is 7.45. The highest BCUT2D eigenvalue weighted by atomic mass is 35.5. The van der Waals surface area contributed by atoms with E-state index in [1.54, 1.807) is 36.4 Å². The lowest BCUT2D eigenvalue weighted by Crippen LogP contribution is -2.37. The quantitative estimate of drug-likeness (QED) is 0.214. The highest BCUT2D eigenvalue weighted by Gasteiger charge is 2.31. The molecule has 0 aromatic heterocycles. The van der Waals surface area contributed by atoms with Gasteiger partial charge in [0.1, 0.15) is 11.6 Å². The van der Waals surface area contributed by atoms with Crippen molar-refractivity contribution in [3.63, 3.8) is 0 Å². The third-order valence-electron chi connectivity index (χ3n) is 6.27. The molecule has 3 rings (SSSR count). The van der Waals surface area contributed by atoms with E-state index in [1.807, 2.05) is 13.8 Å². The molecule has 1 N–H and O–H groups in total. The second kappa shape index (κ2) is 13.3. The number of Topliss-reactive ketones (excluding diaryl/α,β-unsaturated/α-hetero) is 1. The summed E-state index contributed by atoms with van der Waals surface area (Å²) in [7, 11) is 0. The molecule has 1 atom stereocenters. The van der Waals surface area contributed by atoms with Gasteiger partial charge in [-0.3, -0.25) is 9.59 Å². The molecule has 0 aliphatic heterocycles. The average molecular weight is 514 g/mol. The summed E-state index contributed by atoms with van der Waals surface area (Å²) in [6.45, 7) is 4.25. The molecule has 4 nitrogen and oxygen atoms in total. The number of esters is 1. The van der Waals surface area contributed by atoms with Crippen LogP contribution < -0.4 is 5.32 Å². The van der Waals surface area contributed by atoms with E-state index in [4.69, 9.17) is 16.3 Å². The number of rotatable bonds is 12. The van der Waals surface area contributed by atoms with Gasteiger partial charge in [0.2, 0.25) is 0 Å². The van der Waals surface area contributed by atoms with E-state index >= 15 is 0 Å². The number of hydrogen-bond donors (Lipinski definition) is 1. The number of carbonyl (C=O) groups is 2. The number of ether oxygens (including phenoxy) is 1. The third-order valence-corrected chi connectivity index (χ3v) is 6.53. The highest BCUT2D eigenvalue weighted by Crippen LogP contribution is 2.30. The van der Waals surface area contributed by atoms with Crippen LogP contribution in [-0.4, -0.2) is 24.8 Å². The van der Waals surface area contributed by atoms with Gasteiger partial charge in [-0.05, 0) is 65.6 Å². The highest BCUT2D eigenvalue weighted by molar-refractivity contribution is 6.30. The first-order valence-corrected chi connectivity index (χ1v) is 12.4. The van der Waals surface area contributed by atoms with E-state index in [1.165, 1.54) is 36.4 Å². The van der Waals surface area contributed by atoms with Crippen LogP contribution >= 0.6 is 11.6 Å². The average Bonchev–Trinajstić information content (AvgIpc) is 2.87. The molecule has 190 valence electrons. The maximum atomic E-state index is 14.0. The lowest BCUT2D eigenvalue weighted by atomic mass is 9.87. The molecule has 0 aliphatic rings. The number of carbonyl (C=O) groups excluding carboxylic acids is 2. The second-order valence-corrected chi connectivity index (χ2v) is 9.11. The molecular weight excluding hydrogens is 484 g/mol. The molecule has 0 aliphatic carbocycles. The maximum Gasteiger partial charge on any atom is 0.311 e. The van der Waals surface area contributed by atoms with E-state index in [-0.39, 0.29) is 24.8 Å². The van der Waals surface area contributed by atoms with Gasteiger partial charge >= 0.3 is 5.97 Å². The fourth-order valence-electron chi connectivity index (χ4n) is 4.25. The molecule has 0 spiro atoms. The summed E-state index contributed by atoms with van der Waals surface area (Å²) >= 11 is 5.89. The van der Waals surface area contributed by atoms with Gasteiger partial charge in [0.05, 0.1) is 12.5 Å². The summed E-state index contributed by atoms with van der Waals surface area (Å²) in [4.78, 5) is 26.0. The Hall–Kier alpha value is -3.09. The number of hydrogen-bond acceptors (Lipinski definition) is 4. The maximum absolute atomic E-state index is 14.0. The fourth-order valence-corrected chi connectivity index (χ4v) is 4.38. The molecule has 0 radical (unpaired) electrons. The summed E-state index contributed by atoms with van der Waals surface area (Å²) in [5, 5.41) is 3.64. The molecule has 0 amide bonds. The standard InChI is InChI=1S/C29H30ClF2NO3/c1-3-19(4-2)26(17-33-18-27(34)20-11-13-23(30)14-12-20)29(35)36-28(21-7-5-9-24(31)15-21)22-8-6-10-25(32)16-22/h5-16,19,26,28,33H,3-4,17-18H2,1-2H3. The molecule has 7 heteroatoms.